The Labute approximate surface area is 341 Å². The summed E-state index contributed by atoms with van der Waals surface area (Å²) in [6.07, 6.45) is -7.14. The van der Waals surface area contributed by atoms with Crippen molar-refractivity contribution in [1.29, 1.82) is 0 Å². The standard InChI is InChI=1S/C41H66O16S/c1-20(2)14-21-16-52-41-18-40(19-53-41)22(33(41)39(21,7)47)8-9-26-37(5)12-11-27(36(3,4)25(37)10-13-38(26,40)6)55-35-32(57-58(48,49)50)31(23(43)17-51-35)56-34-30(46)29(45)28(44)24(15-42)54-34/h14,21-35,42-47H,8-13,15-19H2,1-7H3,(H,48,49,50)/t21-,22-,23-,24-,25+,26+,27+,28-,29+,30-,31+,32-,33+,34+,35+,37+,38-,39+,40+,41-/m1/s1. The molecule has 7 N–H and O–H groups in total. The second-order valence-electron chi connectivity index (χ2n) is 20.6. The first kappa shape index (κ1) is 43.8. The molecule has 16 nitrogen and oxygen atoms in total. The number of aliphatic hydroxyl groups is 6. The molecule has 4 heterocycles. The predicted octanol–water partition coefficient (Wildman–Crippen LogP) is 1.83. The van der Waals surface area contributed by atoms with E-state index in [4.69, 9.17) is 32.6 Å². The SMILES string of the molecule is CC(C)=C[C@@H]1CO[C@]23C[C@]4(CO2)[C@H](CC[C@H]2[C@@]5(C)CC[C@H](O[C@@H]6OC[C@@H](O)[C@H](O[C@@H]7O[C@H](CO)[C@@H](O)[C@H](O)[C@H]7O)[C@H]6OS(=O)(=O)O)C(C)(C)[C@@H]5CC[C@]24C)[C@H]3[C@@]1(C)O. The van der Waals surface area contributed by atoms with E-state index in [1.807, 2.05) is 6.92 Å². The van der Waals surface area contributed by atoms with Crippen molar-refractivity contribution in [1.82, 2.24) is 0 Å². The Balaban J connectivity index is 1.03. The van der Waals surface area contributed by atoms with Crippen molar-refractivity contribution in [3.63, 3.8) is 0 Å². The summed E-state index contributed by atoms with van der Waals surface area (Å²) >= 11 is 0. The second-order valence-corrected chi connectivity index (χ2v) is 21.6. The van der Waals surface area contributed by atoms with Gasteiger partial charge in [0.25, 0.3) is 0 Å². The van der Waals surface area contributed by atoms with Gasteiger partial charge in [0.1, 0.15) is 36.6 Å². The summed E-state index contributed by atoms with van der Waals surface area (Å²) in [6.45, 7) is 15.2. The van der Waals surface area contributed by atoms with E-state index in [1.54, 1.807) is 0 Å². The second kappa shape index (κ2) is 14.6. The first-order valence-electron chi connectivity index (χ1n) is 21.2. The molecule has 4 saturated carbocycles. The summed E-state index contributed by atoms with van der Waals surface area (Å²) in [5, 5.41) is 64.3. The van der Waals surface area contributed by atoms with E-state index in [9.17, 15) is 43.6 Å². The Morgan fingerprint density at radius 1 is 0.845 bits per heavy atom. The van der Waals surface area contributed by atoms with Gasteiger partial charge in [0, 0.05) is 23.7 Å². The molecule has 20 atom stereocenters. The molecule has 0 amide bonds. The van der Waals surface area contributed by atoms with E-state index < -0.39 is 102 Å². The van der Waals surface area contributed by atoms with Crippen molar-refractivity contribution >= 4 is 10.4 Å². The highest BCUT2D eigenvalue weighted by Crippen LogP contribution is 2.80. The van der Waals surface area contributed by atoms with Crippen LogP contribution in [-0.2, 0) is 43.0 Å². The minimum atomic E-state index is -5.18. The first-order chi connectivity index (χ1) is 27.0. The lowest BCUT2D eigenvalue weighted by atomic mass is 9.35. The molecule has 0 radical (unpaired) electrons. The normalized spacial score (nSPS) is 54.8. The highest BCUT2D eigenvalue weighted by Gasteiger charge is 2.81. The van der Waals surface area contributed by atoms with Gasteiger partial charge in [0.15, 0.2) is 24.5 Å². The molecule has 8 fully saturated rings. The van der Waals surface area contributed by atoms with E-state index in [1.165, 1.54) is 0 Å². The van der Waals surface area contributed by atoms with Gasteiger partial charge in [0.05, 0.1) is 38.1 Å². The minimum absolute atomic E-state index is 0.0801. The van der Waals surface area contributed by atoms with Crippen molar-refractivity contribution < 1.29 is 76.2 Å². The van der Waals surface area contributed by atoms with E-state index >= 15 is 0 Å². The lowest BCUT2D eigenvalue weighted by molar-refractivity contribution is -0.355. The average Bonchev–Trinajstić information content (AvgIpc) is 3.66. The number of rotatable bonds is 8. The van der Waals surface area contributed by atoms with Gasteiger partial charge in [0.2, 0.25) is 0 Å². The average molecular weight is 847 g/mol. The predicted molar refractivity (Wildman–Crippen MR) is 203 cm³/mol. The number of hydrogen-bond donors (Lipinski definition) is 7. The number of ether oxygens (including phenoxy) is 6. The van der Waals surface area contributed by atoms with Crippen molar-refractivity contribution in [3.05, 3.63) is 11.6 Å². The third kappa shape index (κ3) is 6.46. The molecule has 58 heavy (non-hydrogen) atoms. The zero-order chi connectivity index (χ0) is 42.2. The fourth-order valence-electron chi connectivity index (χ4n) is 14.5. The van der Waals surface area contributed by atoms with Gasteiger partial charge in [-0.1, -0.05) is 39.3 Å². The van der Waals surface area contributed by atoms with E-state index in [-0.39, 0.29) is 39.9 Å². The third-order valence-corrected chi connectivity index (χ3v) is 17.6. The van der Waals surface area contributed by atoms with Crippen LogP contribution in [0.15, 0.2) is 11.6 Å². The zero-order valence-electron chi connectivity index (χ0n) is 34.7. The molecule has 8 aliphatic rings. The maximum absolute atomic E-state index is 12.4. The monoisotopic (exact) mass is 846 g/mol. The number of hydrogen-bond acceptors (Lipinski definition) is 15. The van der Waals surface area contributed by atoms with Gasteiger partial charge in [-0.2, -0.15) is 8.42 Å². The molecule has 17 heteroatoms. The van der Waals surface area contributed by atoms with Gasteiger partial charge in [-0.3, -0.25) is 4.55 Å². The minimum Gasteiger partial charge on any atom is -0.394 e. The molecule has 332 valence electrons. The third-order valence-electron chi connectivity index (χ3n) is 17.1. The molecule has 2 bridgehead atoms. The van der Waals surface area contributed by atoms with Crippen molar-refractivity contribution in [2.24, 2.45) is 51.2 Å². The maximum atomic E-state index is 12.4. The van der Waals surface area contributed by atoms with Crippen LogP contribution in [0, 0.1) is 51.2 Å². The molecule has 4 aliphatic carbocycles. The van der Waals surface area contributed by atoms with Gasteiger partial charge < -0.3 is 59.1 Å². The van der Waals surface area contributed by atoms with Crippen LogP contribution in [-0.4, -0.2) is 143 Å². The lowest BCUT2D eigenvalue weighted by Crippen LogP contribution is -2.68. The number of allylic oxidation sites excluding steroid dienone is 1. The summed E-state index contributed by atoms with van der Waals surface area (Å²) in [5.41, 5.74) is -0.623. The molecule has 2 spiro atoms. The maximum Gasteiger partial charge on any atom is 0.397 e. The molecule has 0 aromatic rings. The summed E-state index contributed by atoms with van der Waals surface area (Å²) in [5.74, 6) is -0.249. The molecule has 4 saturated heterocycles. The van der Waals surface area contributed by atoms with Gasteiger partial charge in [-0.15, -0.1) is 0 Å². The molecule has 0 aromatic carbocycles. The van der Waals surface area contributed by atoms with Crippen LogP contribution in [0.25, 0.3) is 0 Å². The van der Waals surface area contributed by atoms with E-state index in [0.717, 1.165) is 44.1 Å². The van der Waals surface area contributed by atoms with E-state index in [2.05, 4.69) is 47.6 Å². The Kier molecular flexibility index (Phi) is 11.0. The van der Waals surface area contributed by atoms with Crippen LogP contribution in [0.3, 0.4) is 0 Å². The largest absolute Gasteiger partial charge is 0.397 e. The molecular formula is C41H66O16S. The van der Waals surface area contributed by atoms with Crippen LogP contribution in [0.2, 0.25) is 0 Å². The van der Waals surface area contributed by atoms with Crippen LogP contribution >= 0.6 is 0 Å². The molecule has 4 aliphatic heterocycles. The number of fused-ring (bicyclic) bond motifs is 4. The Morgan fingerprint density at radius 2 is 1.57 bits per heavy atom. The van der Waals surface area contributed by atoms with Crippen LogP contribution < -0.4 is 0 Å². The smallest absolute Gasteiger partial charge is 0.394 e. The molecule has 0 unspecified atom stereocenters. The Hall–Kier alpha value is -0.870. The summed E-state index contributed by atoms with van der Waals surface area (Å²) in [7, 11) is -5.18. The van der Waals surface area contributed by atoms with Crippen molar-refractivity contribution in [2.45, 2.75) is 166 Å². The fourth-order valence-corrected chi connectivity index (χ4v) is 15.0. The molecule has 0 aromatic heterocycles. The van der Waals surface area contributed by atoms with Crippen LogP contribution in [0.5, 0.6) is 0 Å². The number of aliphatic hydroxyl groups excluding tert-OH is 5. The van der Waals surface area contributed by atoms with Gasteiger partial charge in [-0.25, -0.2) is 4.18 Å². The van der Waals surface area contributed by atoms with Crippen LogP contribution in [0.1, 0.15) is 93.4 Å². The Morgan fingerprint density at radius 3 is 2.24 bits per heavy atom. The fraction of sp³-hybridized carbons (Fsp3) is 0.951. The quantitative estimate of drug-likeness (QED) is 0.105. The van der Waals surface area contributed by atoms with Gasteiger partial charge >= 0.3 is 10.4 Å². The zero-order valence-corrected chi connectivity index (χ0v) is 35.5. The van der Waals surface area contributed by atoms with Crippen LogP contribution in [0.4, 0.5) is 0 Å². The van der Waals surface area contributed by atoms with E-state index in [0.29, 0.717) is 25.6 Å². The molecular weight excluding hydrogens is 781 g/mol. The van der Waals surface area contributed by atoms with Gasteiger partial charge in [-0.05, 0) is 93.3 Å². The summed E-state index contributed by atoms with van der Waals surface area (Å²) in [6, 6.07) is 0. The topological polar surface area (TPSA) is 240 Å². The van der Waals surface area contributed by atoms with Crippen molar-refractivity contribution in [2.75, 3.05) is 26.4 Å². The Bertz CT molecular complexity index is 1700. The molecule has 8 rings (SSSR count). The first-order valence-corrected chi connectivity index (χ1v) is 22.5. The summed E-state index contributed by atoms with van der Waals surface area (Å²) < 4.78 is 76.7. The van der Waals surface area contributed by atoms with Crippen molar-refractivity contribution in [3.8, 4) is 0 Å². The highest BCUT2D eigenvalue weighted by molar-refractivity contribution is 7.80. The lowest BCUT2D eigenvalue weighted by Gasteiger charge is -2.70. The highest BCUT2D eigenvalue weighted by atomic mass is 32.3. The summed E-state index contributed by atoms with van der Waals surface area (Å²) in [4.78, 5) is 0.